The minimum Gasteiger partial charge on any atom is -0.384 e. The number of hydrogen-bond acceptors (Lipinski definition) is 6. The van der Waals surface area contributed by atoms with Crippen molar-refractivity contribution in [2.75, 3.05) is 25.4 Å². The van der Waals surface area contributed by atoms with Gasteiger partial charge in [-0.05, 0) is 51.3 Å². The highest BCUT2D eigenvalue weighted by Gasteiger charge is 2.26. The maximum absolute atomic E-state index is 12.3. The number of nitrogen functional groups attached to an aromatic ring is 1. The van der Waals surface area contributed by atoms with Crippen molar-refractivity contribution < 1.29 is 9.59 Å². The normalized spacial score (nSPS) is 21.1. The summed E-state index contributed by atoms with van der Waals surface area (Å²) in [6, 6.07) is 4.44. The van der Waals surface area contributed by atoms with Gasteiger partial charge in [0.25, 0.3) is 0 Å². The van der Waals surface area contributed by atoms with Crippen molar-refractivity contribution in [2.45, 2.75) is 64.7 Å². The number of nitrogens with zero attached hydrogens (tertiary/aromatic N) is 2. The van der Waals surface area contributed by atoms with Crippen molar-refractivity contribution in [2.24, 2.45) is 0 Å². The highest BCUT2D eigenvalue weighted by atomic mass is 16.2. The molecule has 1 fully saturated rings. The summed E-state index contributed by atoms with van der Waals surface area (Å²) in [5.41, 5.74) is 6.53. The van der Waals surface area contributed by atoms with Crippen molar-refractivity contribution in [3.8, 4) is 0 Å². The van der Waals surface area contributed by atoms with Crippen molar-refractivity contribution in [3.05, 3.63) is 23.9 Å². The molecule has 8 heteroatoms. The quantitative estimate of drug-likeness (QED) is 0.492. The lowest BCUT2D eigenvalue weighted by atomic mass is 9.97. The molecule has 5 N–H and O–H groups in total. The third-order valence-corrected chi connectivity index (χ3v) is 5.25. The van der Waals surface area contributed by atoms with Gasteiger partial charge in [-0.1, -0.05) is 6.42 Å². The lowest BCUT2D eigenvalue weighted by Gasteiger charge is -2.38. The van der Waals surface area contributed by atoms with Crippen LogP contribution in [0.2, 0.25) is 0 Å². The number of carbonyl (C=O) groups excluding carboxylic acids is 2. The molecule has 0 spiro atoms. The van der Waals surface area contributed by atoms with Gasteiger partial charge < -0.3 is 21.7 Å². The van der Waals surface area contributed by atoms with Crippen molar-refractivity contribution in [3.63, 3.8) is 0 Å². The molecule has 2 rings (SSSR count). The fourth-order valence-electron chi connectivity index (χ4n) is 3.48. The maximum atomic E-state index is 12.3. The molecule has 28 heavy (non-hydrogen) atoms. The molecule has 0 aliphatic carbocycles. The molecule has 0 bridgehead atoms. The molecular weight excluding hydrogens is 356 g/mol. The molecule has 0 radical (unpaired) electrons. The summed E-state index contributed by atoms with van der Waals surface area (Å²) >= 11 is 0. The first-order valence-electron chi connectivity index (χ1n) is 10.1. The molecule has 156 valence electrons. The minimum absolute atomic E-state index is 0.00229. The molecule has 1 aromatic rings. The van der Waals surface area contributed by atoms with Crippen molar-refractivity contribution in [1.29, 1.82) is 0 Å². The second-order valence-electron chi connectivity index (χ2n) is 7.75. The number of likely N-dealkylation sites (tertiary alicyclic amines) is 1. The van der Waals surface area contributed by atoms with Crippen LogP contribution < -0.4 is 21.7 Å². The highest BCUT2D eigenvalue weighted by molar-refractivity contribution is 5.78. The molecule has 2 amide bonds. The Morgan fingerprint density at radius 1 is 1.25 bits per heavy atom. The average molecular weight is 391 g/mol. The lowest BCUT2D eigenvalue weighted by Crippen LogP contribution is -2.50. The number of piperidine rings is 1. The molecule has 3 atom stereocenters. The van der Waals surface area contributed by atoms with Crippen molar-refractivity contribution >= 4 is 17.6 Å². The van der Waals surface area contributed by atoms with Crippen LogP contribution in [0.4, 0.5) is 5.82 Å². The number of aromatic nitrogens is 1. The van der Waals surface area contributed by atoms with Crippen LogP contribution in [0.1, 0.15) is 45.6 Å². The number of hydrogen-bond donors (Lipinski definition) is 4. The second kappa shape index (κ2) is 11.0. The van der Waals surface area contributed by atoms with Crippen LogP contribution in [-0.2, 0) is 16.1 Å². The smallest absolute Gasteiger partial charge is 0.234 e. The predicted molar refractivity (Wildman–Crippen MR) is 110 cm³/mol. The van der Waals surface area contributed by atoms with E-state index in [4.69, 9.17) is 5.73 Å². The van der Waals surface area contributed by atoms with Crippen LogP contribution in [0.3, 0.4) is 0 Å². The number of nitrogens with two attached hydrogens (primary N) is 1. The first-order valence-corrected chi connectivity index (χ1v) is 10.1. The summed E-state index contributed by atoms with van der Waals surface area (Å²) in [6.07, 6.45) is 5.15. The van der Waals surface area contributed by atoms with Crippen molar-refractivity contribution in [1.82, 2.24) is 25.8 Å². The van der Waals surface area contributed by atoms with Gasteiger partial charge in [0.15, 0.2) is 0 Å². The van der Waals surface area contributed by atoms with Gasteiger partial charge in [-0.15, -0.1) is 0 Å². The summed E-state index contributed by atoms with van der Waals surface area (Å²) < 4.78 is 0. The molecule has 3 unspecified atom stereocenters. The van der Waals surface area contributed by atoms with E-state index in [1.165, 1.54) is 6.42 Å². The third-order valence-electron chi connectivity index (χ3n) is 5.25. The molecule has 2 heterocycles. The number of nitrogens with one attached hydrogen (secondary N) is 3. The molecule has 1 aliphatic heterocycles. The fourth-order valence-corrected chi connectivity index (χ4v) is 3.48. The van der Waals surface area contributed by atoms with Gasteiger partial charge >= 0.3 is 0 Å². The molecular formula is C20H34N6O2. The Morgan fingerprint density at radius 2 is 1.96 bits per heavy atom. The van der Waals surface area contributed by atoms with Gasteiger partial charge in [0, 0.05) is 37.4 Å². The molecule has 0 saturated carbocycles. The van der Waals surface area contributed by atoms with Gasteiger partial charge in [0.2, 0.25) is 11.8 Å². The van der Waals surface area contributed by atoms with E-state index in [0.717, 1.165) is 18.4 Å². The Bertz CT molecular complexity index is 643. The Morgan fingerprint density at radius 3 is 2.64 bits per heavy atom. The lowest BCUT2D eigenvalue weighted by molar-refractivity contribution is -0.123. The highest BCUT2D eigenvalue weighted by Crippen LogP contribution is 2.21. The zero-order valence-electron chi connectivity index (χ0n) is 17.2. The Balaban J connectivity index is 1.61. The minimum atomic E-state index is -0.107. The first-order chi connectivity index (χ1) is 13.3. The molecule has 0 aromatic carbocycles. The summed E-state index contributed by atoms with van der Waals surface area (Å²) in [5.74, 6) is 0.362. The zero-order chi connectivity index (χ0) is 20.5. The summed E-state index contributed by atoms with van der Waals surface area (Å²) in [5, 5.41) is 8.92. The van der Waals surface area contributed by atoms with E-state index in [1.807, 2.05) is 13.0 Å². The van der Waals surface area contributed by atoms with Crippen LogP contribution in [0.15, 0.2) is 18.3 Å². The van der Waals surface area contributed by atoms with E-state index < -0.39 is 0 Å². The predicted octanol–water partition coefficient (Wildman–Crippen LogP) is 0.637. The topological polar surface area (TPSA) is 112 Å². The number of anilines is 1. The molecule has 1 saturated heterocycles. The summed E-state index contributed by atoms with van der Waals surface area (Å²) in [6.45, 7) is 7.85. The van der Waals surface area contributed by atoms with E-state index in [1.54, 1.807) is 12.3 Å². The van der Waals surface area contributed by atoms with E-state index in [0.29, 0.717) is 37.5 Å². The van der Waals surface area contributed by atoms with Gasteiger partial charge in [-0.3, -0.25) is 14.5 Å². The molecule has 1 aromatic heterocycles. The van der Waals surface area contributed by atoms with Crippen LogP contribution in [0, 0.1) is 0 Å². The number of pyridine rings is 1. The van der Waals surface area contributed by atoms with Gasteiger partial charge in [0.1, 0.15) is 5.82 Å². The van der Waals surface area contributed by atoms with Gasteiger partial charge in [0.05, 0.1) is 13.1 Å². The molecule has 8 nitrogen and oxygen atoms in total. The van der Waals surface area contributed by atoms with E-state index in [2.05, 4.69) is 39.7 Å². The van der Waals surface area contributed by atoms with Crippen LogP contribution in [0.25, 0.3) is 0 Å². The number of carbonyl (C=O) groups is 2. The number of amides is 2. The first kappa shape index (κ1) is 22.1. The van der Waals surface area contributed by atoms with E-state index in [9.17, 15) is 9.59 Å². The Kier molecular flexibility index (Phi) is 8.66. The molecule has 1 aliphatic rings. The van der Waals surface area contributed by atoms with Crippen LogP contribution >= 0.6 is 0 Å². The maximum Gasteiger partial charge on any atom is 0.234 e. The Hall–Kier alpha value is -2.19. The van der Waals surface area contributed by atoms with Crippen LogP contribution in [0.5, 0.6) is 0 Å². The van der Waals surface area contributed by atoms with Gasteiger partial charge in [-0.25, -0.2) is 4.98 Å². The second-order valence-corrected chi connectivity index (χ2v) is 7.75. The monoisotopic (exact) mass is 390 g/mol. The Labute approximate surface area is 167 Å². The van der Waals surface area contributed by atoms with E-state index in [-0.39, 0.29) is 24.4 Å². The number of rotatable bonds is 9. The van der Waals surface area contributed by atoms with E-state index >= 15 is 0 Å². The average Bonchev–Trinajstić information content (AvgIpc) is 2.66. The zero-order valence-corrected chi connectivity index (χ0v) is 17.2. The fraction of sp³-hybridized carbons (Fsp3) is 0.650. The third kappa shape index (κ3) is 7.44. The van der Waals surface area contributed by atoms with Crippen LogP contribution in [-0.4, -0.2) is 59.5 Å². The SMILES string of the molecule is CC(CNC(=O)CN1C(C)CCCC1C)NCC(=O)NCc1ccnc(N)c1. The summed E-state index contributed by atoms with van der Waals surface area (Å²) in [4.78, 5) is 30.4. The largest absolute Gasteiger partial charge is 0.384 e. The summed E-state index contributed by atoms with van der Waals surface area (Å²) in [7, 11) is 0. The van der Waals surface area contributed by atoms with Gasteiger partial charge in [-0.2, -0.15) is 0 Å². The standard InChI is InChI=1S/C20H34N6O2/c1-14(10-24-20(28)13-26-15(2)5-4-6-16(26)3)23-12-19(27)25-11-17-7-8-22-18(21)9-17/h7-9,14-16,23H,4-6,10-13H2,1-3H3,(H2,21,22)(H,24,28)(H,25,27).